The van der Waals surface area contributed by atoms with E-state index < -0.39 is 0 Å². The monoisotopic (exact) mass is 355 g/mol. The van der Waals surface area contributed by atoms with Gasteiger partial charge < -0.3 is 9.80 Å². The van der Waals surface area contributed by atoms with Crippen LogP contribution in [-0.4, -0.2) is 43.0 Å². The number of aryl methyl sites for hydroxylation is 1. The molecule has 1 aromatic heterocycles. The number of hydrogen-bond donors (Lipinski definition) is 0. The number of hydrogen-bond acceptors (Lipinski definition) is 3. The van der Waals surface area contributed by atoms with Gasteiger partial charge in [0.05, 0.1) is 5.56 Å². The van der Waals surface area contributed by atoms with Crippen LogP contribution in [0.15, 0.2) is 42.6 Å². The van der Waals surface area contributed by atoms with Crippen molar-refractivity contribution in [2.45, 2.75) is 25.7 Å². The van der Waals surface area contributed by atoms with E-state index in [1.807, 2.05) is 24.3 Å². The highest BCUT2D eigenvalue weighted by molar-refractivity contribution is 5.93. The summed E-state index contributed by atoms with van der Waals surface area (Å²) in [7, 11) is 3.47. The van der Waals surface area contributed by atoms with Gasteiger partial charge in [-0.2, -0.15) is 0 Å². The number of amides is 1. The minimum atomic E-state index is -0.108. The Kier molecular flexibility index (Phi) is 5.86. The minimum Gasteiger partial charge on any atom is -0.356 e. The van der Waals surface area contributed by atoms with Crippen LogP contribution in [0.4, 0.5) is 10.2 Å². The van der Waals surface area contributed by atoms with Crippen molar-refractivity contribution in [1.29, 1.82) is 0 Å². The summed E-state index contributed by atoms with van der Waals surface area (Å²) in [4.78, 5) is 20.3. The molecular weight excluding hydrogens is 329 g/mol. The molecule has 0 bridgehead atoms. The van der Waals surface area contributed by atoms with Crippen molar-refractivity contribution < 1.29 is 9.18 Å². The van der Waals surface area contributed by atoms with E-state index in [1.54, 1.807) is 31.3 Å². The molecule has 1 fully saturated rings. The molecule has 26 heavy (non-hydrogen) atoms. The maximum Gasteiger partial charge on any atom is 0.254 e. The van der Waals surface area contributed by atoms with Gasteiger partial charge in [0.2, 0.25) is 0 Å². The molecule has 5 heteroatoms. The number of piperidine rings is 1. The molecule has 1 aliphatic rings. The number of rotatable bonds is 5. The maximum atomic E-state index is 13.8. The topological polar surface area (TPSA) is 36.4 Å². The molecule has 0 N–H and O–H groups in total. The van der Waals surface area contributed by atoms with E-state index in [-0.39, 0.29) is 11.7 Å². The molecule has 2 aromatic rings. The van der Waals surface area contributed by atoms with E-state index in [2.05, 4.69) is 9.88 Å². The molecule has 1 amide bonds. The average molecular weight is 355 g/mol. The van der Waals surface area contributed by atoms with Crippen molar-refractivity contribution in [3.63, 3.8) is 0 Å². The number of anilines is 1. The van der Waals surface area contributed by atoms with Gasteiger partial charge in [-0.3, -0.25) is 4.79 Å². The molecule has 3 rings (SSSR count). The Morgan fingerprint density at radius 1 is 1.27 bits per heavy atom. The van der Waals surface area contributed by atoms with Crippen molar-refractivity contribution in [1.82, 2.24) is 9.88 Å². The predicted octanol–water partition coefficient (Wildman–Crippen LogP) is 3.77. The summed E-state index contributed by atoms with van der Waals surface area (Å²) in [6.45, 7) is 1.91. The van der Waals surface area contributed by atoms with Crippen LogP contribution in [0.1, 0.15) is 35.2 Å². The van der Waals surface area contributed by atoms with Crippen LogP contribution >= 0.6 is 0 Å². The molecule has 1 aliphatic heterocycles. The molecule has 0 aliphatic carbocycles. The van der Waals surface area contributed by atoms with Gasteiger partial charge in [0.25, 0.3) is 5.91 Å². The second-order valence-electron chi connectivity index (χ2n) is 7.19. The highest BCUT2D eigenvalue weighted by atomic mass is 19.1. The highest BCUT2D eigenvalue weighted by Crippen LogP contribution is 2.25. The van der Waals surface area contributed by atoms with Gasteiger partial charge >= 0.3 is 0 Å². The summed E-state index contributed by atoms with van der Waals surface area (Å²) in [5, 5.41) is 0. The Bertz CT molecular complexity index is 745. The Morgan fingerprint density at radius 2 is 2.08 bits per heavy atom. The Labute approximate surface area is 154 Å². The molecule has 1 aromatic carbocycles. The van der Waals surface area contributed by atoms with Gasteiger partial charge in [0.1, 0.15) is 11.6 Å². The largest absolute Gasteiger partial charge is 0.356 e. The number of halogens is 1. The summed E-state index contributed by atoms with van der Waals surface area (Å²) < 4.78 is 13.8. The Morgan fingerprint density at radius 3 is 2.77 bits per heavy atom. The lowest BCUT2D eigenvalue weighted by molar-refractivity contribution is 0.0827. The maximum absolute atomic E-state index is 13.8. The molecule has 138 valence electrons. The van der Waals surface area contributed by atoms with Crippen LogP contribution in [0.3, 0.4) is 0 Å². The zero-order chi connectivity index (χ0) is 18.5. The molecule has 2 heterocycles. The first-order chi connectivity index (χ1) is 12.5. The number of benzene rings is 1. The van der Waals surface area contributed by atoms with Crippen LogP contribution in [0.25, 0.3) is 0 Å². The minimum absolute atomic E-state index is 0.0366. The van der Waals surface area contributed by atoms with Gasteiger partial charge in [-0.1, -0.05) is 18.2 Å². The number of pyridine rings is 1. The van der Waals surface area contributed by atoms with E-state index in [4.69, 9.17) is 0 Å². The molecule has 0 spiro atoms. The van der Waals surface area contributed by atoms with Gasteiger partial charge in [-0.25, -0.2) is 9.37 Å². The third-order valence-electron chi connectivity index (χ3n) is 5.02. The van der Waals surface area contributed by atoms with Gasteiger partial charge in [0, 0.05) is 33.4 Å². The molecule has 1 unspecified atom stereocenters. The fourth-order valence-corrected chi connectivity index (χ4v) is 3.53. The SMILES string of the molecule is CN(C)C(=O)c1ccc(N2CCCC(CCc3ccccc3F)C2)nc1. The molecular formula is C21H26FN3O. The summed E-state index contributed by atoms with van der Waals surface area (Å²) >= 11 is 0. The van der Waals surface area contributed by atoms with Crippen molar-refractivity contribution >= 4 is 11.7 Å². The fourth-order valence-electron chi connectivity index (χ4n) is 3.53. The third kappa shape index (κ3) is 4.40. The second kappa shape index (κ2) is 8.30. The zero-order valence-corrected chi connectivity index (χ0v) is 15.5. The number of nitrogens with zero attached hydrogens (tertiary/aromatic N) is 3. The van der Waals surface area contributed by atoms with E-state index in [1.165, 1.54) is 12.5 Å². The van der Waals surface area contributed by atoms with Crippen molar-refractivity contribution in [3.8, 4) is 0 Å². The van der Waals surface area contributed by atoms with E-state index in [9.17, 15) is 9.18 Å². The van der Waals surface area contributed by atoms with Gasteiger partial charge in [-0.05, 0) is 55.4 Å². The highest BCUT2D eigenvalue weighted by Gasteiger charge is 2.21. The third-order valence-corrected chi connectivity index (χ3v) is 5.02. The standard InChI is InChI=1S/C21H26FN3O/c1-24(2)21(26)18-11-12-20(23-14-18)25-13-5-6-16(15-25)9-10-17-7-3-4-8-19(17)22/h3-4,7-8,11-12,14,16H,5-6,9-10,13,15H2,1-2H3. The quantitative estimate of drug-likeness (QED) is 0.819. The lowest BCUT2D eigenvalue weighted by atomic mass is 9.91. The molecule has 1 saturated heterocycles. The molecule has 4 nitrogen and oxygen atoms in total. The average Bonchev–Trinajstić information content (AvgIpc) is 2.67. The van der Waals surface area contributed by atoms with Crippen LogP contribution in [0, 0.1) is 11.7 Å². The van der Waals surface area contributed by atoms with E-state index >= 15 is 0 Å². The number of aromatic nitrogens is 1. The van der Waals surface area contributed by atoms with Gasteiger partial charge in [0.15, 0.2) is 0 Å². The summed E-state index contributed by atoms with van der Waals surface area (Å²) in [5.41, 5.74) is 1.40. The first-order valence-corrected chi connectivity index (χ1v) is 9.20. The molecule has 0 radical (unpaired) electrons. The zero-order valence-electron chi connectivity index (χ0n) is 15.5. The van der Waals surface area contributed by atoms with Gasteiger partial charge in [-0.15, -0.1) is 0 Å². The van der Waals surface area contributed by atoms with Crippen LogP contribution in [0.2, 0.25) is 0 Å². The summed E-state index contributed by atoms with van der Waals surface area (Å²) in [6, 6.07) is 10.8. The Hall–Kier alpha value is -2.43. The van der Waals surface area contributed by atoms with Crippen molar-refractivity contribution in [2.24, 2.45) is 5.92 Å². The Balaban J connectivity index is 1.59. The van der Waals surface area contributed by atoms with Crippen LogP contribution < -0.4 is 4.90 Å². The number of carbonyl (C=O) groups is 1. The number of carbonyl (C=O) groups excluding carboxylic acids is 1. The van der Waals surface area contributed by atoms with Crippen LogP contribution in [0.5, 0.6) is 0 Å². The molecule has 1 atom stereocenters. The fraction of sp³-hybridized carbons (Fsp3) is 0.429. The normalized spacial score (nSPS) is 17.2. The second-order valence-corrected chi connectivity index (χ2v) is 7.19. The lowest BCUT2D eigenvalue weighted by Crippen LogP contribution is -2.36. The summed E-state index contributed by atoms with van der Waals surface area (Å²) in [5.74, 6) is 1.30. The first-order valence-electron chi connectivity index (χ1n) is 9.20. The first kappa shape index (κ1) is 18.4. The van der Waals surface area contributed by atoms with Crippen LogP contribution in [-0.2, 0) is 6.42 Å². The van der Waals surface area contributed by atoms with Crippen molar-refractivity contribution in [3.05, 3.63) is 59.5 Å². The van der Waals surface area contributed by atoms with E-state index in [0.29, 0.717) is 11.5 Å². The lowest BCUT2D eigenvalue weighted by Gasteiger charge is -2.33. The smallest absolute Gasteiger partial charge is 0.254 e. The van der Waals surface area contributed by atoms with E-state index in [0.717, 1.165) is 43.7 Å². The summed E-state index contributed by atoms with van der Waals surface area (Å²) in [6.07, 6.45) is 5.69. The van der Waals surface area contributed by atoms with Crippen molar-refractivity contribution in [2.75, 3.05) is 32.1 Å². The molecule has 0 saturated carbocycles. The predicted molar refractivity (Wildman–Crippen MR) is 102 cm³/mol.